The molecule has 4 rings (SSSR count). The molecule has 0 radical (unpaired) electrons. The fourth-order valence-electron chi connectivity index (χ4n) is 3.47. The van der Waals surface area contributed by atoms with E-state index in [1.807, 2.05) is 42.6 Å². The monoisotopic (exact) mass is 437 g/mol. The standard InChI is InChI=1S/C23H24ClN5S/c24-21-9-5-4-6-18(21)16-26-23(30)27-19-10-11-22(25-17-19)29-14-12-28(13-15-29)20-7-2-1-3-8-20/h1-11,17H,12-16H2,(H2,26,27,30). The van der Waals surface area contributed by atoms with Crippen LogP contribution in [0, 0.1) is 0 Å². The second-order valence-electron chi connectivity index (χ2n) is 7.11. The van der Waals surface area contributed by atoms with Crippen molar-refractivity contribution in [2.24, 2.45) is 0 Å². The first kappa shape index (κ1) is 20.4. The SMILES string of the molecule is S=C(NCc1ccccc1Cl)Nc1ccc(N2CCN(c3ccccc3)CC2)nc1. The molecule has 2 N–H and O–H groups in total. The number of benzene rings is 2. The summed E-state index contributed by atoms with van der Waals surface area (Å²) in [6.45, 7) is 4.45. The van der Waals surface area contributed by atoms with E-state index in [1.165, 1.54) is 5.69 Å². The number of para-hydroxylation sites is 1. The third kappa shape index (κ3) is 5.20. The molecule has 1 fully saturated rings. The summed E-state index contributed by atoms with van der Waals surface area (Å²) in [6.07, 6.45) is 1.82. The van der Waals surface area contributed by atoms with Crippen LogP contribution in [0.5, 0.6) is 0 Å². The molecule has 0 aliphatic carbocycles. The number of aromatic nitrogens is 1. The highest BCUT2D eigenvalue weighted by Crippen LogP contribution is 2.20. The van der Waals surface area contributed by atoms with Crippen LogP contribution in [0.2, 0.25) is 5.02 Å². The van der Waals surface area contributed by atoms with Gasteiger partial charge in [0.25, 0.3) is 0 Å². The number of nitrogens with zero attached hydrogens (tertiary/aromatic N) is 3. The lowest BCUT2D eigenvalue weighted by molar-refractivity contribution is 0.647. The molecule has 2 aromatic carbocycles. The molecule has 1 aliphatic rings. The molecule has 1 aliphatic heterocycles. The normalized spacial score (nSPS) is 13.8. The van der Waals surface area contributed by atoms with Crippen LogP contribution in [0.1, 0.15) is 5.56 Å². The Kier molecular flexibility index (Phi) is 6.67. The Bertz CT molecular complexity index is 972. The van der Waals surface area contributed by atoms with Gasteiger partial charge < -0.3 is 20.4 Å². The molecule has 0 unspecified atom stereocenters. The minimum atomic E-state index is 0.543. The number of nitrogens with one attached hydrogen (secondary N) is 2. The van der Waals surface area contributed by atoms with Crippen LogP contribution < -0.4 is 20.4 Å². The Morgan fingerprint density at radius 3 is 2.30 bits per heavy atom. The molecular weight excluding hydrogens is 414 g/mol. The Hall–Kier alpha value is -2.83. The Labute approximate surface area is 187 Å². The smallest absolute Gasteiger partial charge is 0.171 e. The number of hydrogen-bond acceptors (Lipinski definition) is 4. The van der Waals surface area contributed by atoms with Gasteiger partial charge in [-0.2, -0.15) is 0 Å². The third-order valence-corrected chi connectivity index (χ3v) is 5.74. The molecule has 1 aromatic heterocycles. The summed E-state index contributed by atoms with van der Waals surface area (Å²) in [5.41, 5.74) is 3.15. The number of rotatable bonds is 5. The number of pyridine rings is 1. The van der Waals surface area contributed by atoms with Crippen molar-refractivity contribution in [2.45, 2.75) is 6.54 Å². The van der Waals surface area contributed by atoms with Crippen LogP contribution in [0.25, 0.3) is 0 Å². The largest absolute Gasteiger partial charge is 0.368 e. The van der Waals surface area contributed by atoms with Crippen molar-refractivity contribution in [2.75, 3.05) is 41.3 Å². The molecule has 5 nitrogen and oxygen atoms in total. The van der Waals surface area contributed by atoms with Crippen LogP contribution >= 0.6 is 23.8 Å². The maximum atomic E-state index is 6.18. The molecular formula is C23H24ClN5S. The van der Waals surface area contributed by atoms with Crippen molar-refractivity contribution in [3.8, 4) is 0 Å². The summed E-state index contributed by atoms with van der Waals surface area (Å²) in [7, 11) is 0. The topological polar surface area (TPSA) is 43.4 Å². The fourth-order valence-corrected chi connectivity index (χ4v) is 3.86. The third-order valence-electron chi connectivity index (χ3n) is 5.13. The van der Waals surface area contributed by atoms with Crippen LogP contribution in [0.3, 0.4) is 0 Å². The summed E-state index contributed by atoms with van der Waals surface area (Å²) in [5, 5.41) is 7.63. The van der Waals surface area contributed by atoms with Crippen molar-refractivity contribution in [3.05, 3.63) is 83.5 Å². The van der Waals surface area contributed by atoms with Crippen molar-refractivity contribution >= 4 is 46.1 Å². The zero-order chi connectivity index (χ0) is 20.8. The van der Waals surface area contributed by atoms with Gasteiger partial charge in [-0.25, -0.2) is 4.98 Å². The van der Waals surface area contributed by atoms with Gasteiger partial charge in [-0.15, -0.1) is 0 Å². The predicted octanol–water partition coefficient (Wildman–Crippen LogP) is 4.55. The van der Waals surface area contributed by atoms with Gasteiger partial charge >= 0.3 is 0 Å². The maximum absolute atomic E-state index is 6.18. The van der Waals surface area contributed by atoms with E-state index in [-0.39, 0.29) is 0 Å². The average Bonchev–Trinajstić information content (AvgIpc) is 2.80. The summed E-state index contributed by atoms with van der Waals surface area (Å²) < 4.78 is 0. The predicted molar refractivity (Wildman–Crippen MR) is 130 cm³/mol. The Morgan fingerprint density at radius 1 is 0.900 bits per heavy atom. The second-order valence-corrected chi connectivity index (χ2v) is 7.93. The minimum absolute atomic E-state index is 0.543. The van der Waals surface area contributed by atoms with Gasteiger partial charge in [0.05, 0.1) is 11.9 Å². The van der Waals surface area contributed by atoms with Crippen LogP contribution in [0.15, 0.2) is 72.9 Å². The molecule has 30 heavy (non-hydrogen) atoms. The summed E-state index contributed by atoms with van der Waals surface area (Å²) in [4.78, 5) is 9.35. The Balaban J connectivity index is 1.27. The van der Waals surface area contributed by atoms with Crippen molar-refractivity contribution in [1.29, 1.82) is 0 Å². The van der Waals surface area contributed by atoms with Gasteiger partial charge in [-0.1, -0.05) is 48.0 Å². The number of piperazine rings is 1. The molecule has 154 valence electrons. The van der Waals surface area contributed by atoms with E-state index in [0.29, 0.717) is 11.7 Å². The van der Waals surface area contributed by atoms with E-state index in [2.05, 4.69) is 55.7 Å². The first-order valence-corrected chi connectivity index (χ1v) is 10.8. The summed E-state index contributed by atoms with van der Waals surface area (Å²) >= 11 is 11.6. The van der Waals surface area contributed by atoms with E-state index >= 15 is 0 Å². The number of hydrogen-bond donors (Lipinski definition) is 2. The Morgan fingerprint density at radius 2 is 1.60 bits per heavy atom. The molecule has 0 amide bonds. The van der Waals surface area contributed by atoms with E-state index in [0.717, 1.165) is 48.3 Å². The van der Waals surface area contributed by atoms with Crippen molar-refractivity contribution < 1.29 is 0 Å². The van der Waals surface area contributed by atoms with E-state index < -0.39 is 0 Å². The summed E-state index contributed by atoms with van der Waals surface area (Å²) in [6, 6.07) is 22.3. The number of halogens is 1. The maximum Gasteiger partial charge on any atom is 0.171 e. The first-order valence-electron chi connectivity index (χ1n) is 9.98. The van der Waals surface area contributed by atoms with Gasteiger partial charge in [0, 0.05) is 43.4 Å². The summed E-state index contributed by atoms with van der Waals surface area (Å²) in [5.74, 6) is 0.989. The van der Waals surface area contributed by atoms with Crippen molar-refractivity contribution in [1.82, 2.24) is 10.3 Å². The highest BCUT2D eigenvalue weighted by Gasteiger charge is 2.18. The molecule has 0 atom stereocenters. The van der Waals surface area contributed by atoms with Gasteiger partial charge in [0.2, 0.25) is 0 Å². The molecule has 3 aromatic rings. The van der Waals surface area contributed by atoms with Gasteiger partial charge in [0.15, 0.2) is 5.11 Å². The molecule has 2 heterocycles. The highest BCUT2D eigenvalue weighted by atomic mass is 35.5. The molecule has 1 saturated heterocycles. The zero-order valence-corrected chi connectivity index (χ0v) is 18.2. The lowest BCUT2D eigenvalue weighted by Crippen LogP contribution is -2.46. The quantitative estimate of drug-likeness (QED) is 0.571. The highest BCUT2D eigenvalue weighted by molar-refractivity contribution is 7.80. The van der Waals surface area contributed by atoms with Crippen LogP contribution in [0.4, 0.5) is 17.2 Å². The van der Waals surface area contributed by atoms with E-state index in [4.69, 9.17) is 23.8 Å². The van der Waals surface area contributed by atoms with Crippen LogP contribution in [-0.2, 0) is 6.54 Å². The van der Waals surface area contributed by atoms with Crippen LogP contribution in [-0.4, -0.2) is 36.3 Å². The lowest BCUT2D eigenvalue weighted by atomic mass is 10.2. The van der Waals surface area contributed by atoms with Gasteiger partial charge in [0.1, 0.15) is 5.82 Å². The molecule has 0 spiro atoms. The average molecular weight is 438 g/mol. The van der Waals surface area contributed by atoms with Crippen molar-refractivity contribution in [3.63, 3.8) is 0 Å². The zero-order valence-electron chi connectivity index (χ0n) is 16.6. The number of anilines is 3. The second kappa shape index (κ2) is 9.78. The molecule has 7 heteroatoms. The van der Waals surface area contributed by atoms with Gasteiger partial charge in [-0.3, -0.25) is 0 Å². The minimum Gasteiger partial charge on any atom is -0.368 e. The molecule has 0 saturated carbocycles. The van der Waals surface area contributed by atoms with E-state index in [1.54, 1.807) is 0 Å². The lowest BCUT2D eigenvalue weighted by Gasteiger charge is -2.36. The first-order chi connectivity index (χ1) is 14.7. The number of thiocarbonyl (C=S) groups is 1. The molecule has 0 bridgehead atoms. The fraction of sp³-hybridized carbons (Fsp3) is 0.217. The van der Waals surface area contributed by atoms with E-state index in [9.17, 15) is 0 Å². The van der Waals surface area contributed by atoms with Gasteiger partial charge in [-0.05, 0) is 48.1 Å².